The third-order valence-electron chi connectivity index (χ3n) is 6.00. The van der Waals surface area contributed by atoms with Crippen LogP contribution in [0.5, 0.6) is 0 Å². The number of carbonyl (C=O) groups is 3. The third-order valence-corrected chi connectivity index (χ3v) is 6.78. The van der Waals surface area contributed by atoms with E-state index in [9.17, 15) is 14.4 Å². The average molecular weight is 537 g/mol. The second-order valence-electron chi connectivity index (χ2n) is 7.90. The number of hydrogen-bond donors (Lipinski definition) is 0. The van der Waals surface area contributed by atoms with Crippen LogP contribution in [0, 0.1) is 11.8 Å². The van der Waals surface area contributed by atoms with Gasteiger partial charge in [0.15, 0.2) is 5.78 Å². The summed E-state index contributed by atoms with van der Waals surface area (Å²) in [5, 5.41) is 0.527. The number of hydrogen-bond acceptors (Lipinski definition) is 5. The summed E-state index contributed by atoms with van der Waals surface area (Å²) in [6, 6.07) is 14.0. The number of rotatable bonds is 8. The van der Waals surface area contributed by atoms with Crippen molar-refractivity contribution in [3.63, 3.8) is 0 Å². The largest absolute Gasteiger partial charge is 0.468 e. The minimum absolute atomic E-state index is 0.131. The van der Waals surface area contributed by atoms with E-state index in [4.69, 9.17) is 21.1 Å². The van der Waals surface area contributed by atoms with Crippen LogP contribution in [0.2, 0.25) is 5.02 Å². The molecule has 1 aliphatic rings. The highest BCUT2D eigenvalue weighted by atomic mass is 79.9. The Labute approximate surface area is 207 Å². The summed E-state index contributed by atoms with van der Waals surface area (Å²) < 4.78 is 11.3. The number of benzene rings is 2. The molecule has 1 aliphatic heterocycles. The molecule has 1 saturated heterocycles. The minimum Gasteiger partial charge on any atom is -0.468 e. The molecule has 0 spiro atoms. The van der Waals surface area contributed by atoms with Gasteiger partial charge in [0.1, 0.15) is 5.92 Å². The van der Waals surface area contributed by atoms with E-state index in [0.717, 1.165) is 4.47 Å². The van der Waals surface area contributed by atoms with E-state index in [1.165, 1.54) is 7.11 Å². The van der Waals surface area contributed by atoms with E-state index < -0.39 is 23.7 Å². The van der Waals surface area contributed by atoms with Gasteiger partial charge in [0.05, 0.1) is 20.3 Å². The van der Waals surface area contributed by atoms with Gasteiger partial charge in [-0.3, -0.25) is 14.4 Å². The highest BCUT2D eigenvalue weighted by Crippen LogP contribution is 2.39. The number of amides is 1. The maximum absolute atomic E-state index is 13.6. The van der Waals surface area contributed by atoms with Gasteiger partial charge in [-0.15, -0.1) is 0 Å². The second kappa shape index (κ2) is 11.8. The lowest BCUT2D eigenvalue weighted by molar-refractivity contribution is -0.157. The number of esters is 1. The predicted octanol–water partition coefficient (Wildman–Crippen LogP) is 4.74. The van der Waals surface area contributed by atoms with Crippen molar-refractivity contribution in [3.8, 4) is 0 Å². The predicted molar refractivity (Wildman–Crippen MR) is 129 cm³/mol. The zero-order valence-corrected chi connectivity index (χ0v) is 21.0. The van der Waals surface area contributed by atoms with Gasteiger partial charge >= 0.3 is 5.97 Å². The number of ether oxygens (including phenoxy) is 2. The van der Waals surface area contributed by atoms with Gasteiger partial charge in [-0.05, 0) is 36.2 Å². The Morgan fingerprint density at radius 1 is 1.06 bits per heavy atom. The van der Waals surface area contributed by atoms with Crippen LogP contribution in [0.3, 0.4) is 0 Å². The number of halogens is 2. The molecule has 0 unspecified atom stereocenters. The maximum atomic E-state index is 13.6. The molecule has 1 fully saturated rings. The van der Waals surface area contributed by atoms with Crippen molar-refractivity contribution < 1.29 is 23.9 Å². The quantitative estimate of drug-likeness (QED) is 0.277. The number of methoxy groups -OCH3 is 1. The topological polar surface area (TPSA) is 72.9 Å². The molecule has 33 heavy (non-hydrogen) atoms. The van der Waals surface area contributed by atoms with Crippen LogP contribution in [0.1, 0.15) is 35.2 Å². The molecule has 0 N–H and O–H groups in total. The molecule has 3 rings (SSSR count). The van der Waals surface area contributed by atoms with Gasteiger partial charge in [-0.25, -0.2) is 0 Å². The zero-order chi connectivity index (χ0) is 24.0. The first-order valence-electron chi connectivity index (χ1n) is 10.9. The van der Waals surface area contributed by atoms with Crippen molar-refractivity contribution >= 4 is 45.2 Å². The van der Waals surface area contributed by atoms with E-state index >= 15 is 0 Å². The van der Waals surface area contributed by atoms with E-state index in [2.05, 4.69) is 15.9 Å². The molecule has 0 aromatic heterocycles. The Balaban J connectivity index is 2.09. The molecule has 1 amide bonds. The van der Waals surface area contributed by atoms with E-state index in [-0.39, 0.29) is 11.7 Å². The number of nitrogens with zero attached hydrogens (tertiary/aromatic N) is 1. The summed E-state index contributed by atoms with van der Waals surface area (Å²) in [7, 11) is 1.26. The Morgan fingerprint density at radius 2 is 1.67 bits per heavy atom. The van der Waals surface area contributed by atoms with Gasteiger partial charge in [0.25, 0.3) is 0 Å². The molecule has 0 radical (unpaired) electrons. The number of Topliss-reactive ketones (excluding diaryl/α,β-unsaturated/α-hetero) is 1. The summed E-state index contributed by atoms with van der Waals surface area (Å²) in [5.74, 6) is -3.65. The molecule has 3 atom stereocenters. The van der Waals surface area contributed by atoms with Gasteiger partial charge in [-0.2, -0.15) is 0 Å². The smallest absolute Gasteiger partial charge is 0.318 e. The fraction of sp³-hybridized carbons (Fsp3) is 0.400. The summed E-state index contributed by atoms with van der Waals surface area (Å²) in [6.45, 7) is 3.46. The fourth-order valence-electron chi connectivity index (χ4n) is 4.28. The summed E-state index contributed by atoms with van der Waals surface area (Å²) in [6.07, 6.45) is 0.437. The third kappa shape index (κ3) is 6.02. The van der Waals surface area contributed by atoms with Crippen molar-refractivity contribution in [2.45, 2.75) is 19.3 Å². The highest BCUT2D eigenvalue weighted by Gasteiger charge is 2.45. The minimum atomic E-state index is -1.17. The lowest BCUT2D eigenvalue weighted by atomic mass is 9.72. The Hall–Kier alpha value is -2.22. The van der Waals surface area contributed by atoms with Crippen LogP contribution in [-0.2, 0) is 19.1 Å². The summed E-state index contributed by atoms with van der Waals surface area (Å²) in [5.41, 5.74) is 1.21. The van der Waals surface area contributed by atoms with Crippen LogP contribution in [-0.4, -0.2) is 56.0 Å². The van der Waals surface area contributed by atoms with E-state index in [1.807, 2.05) is 6.92 Å². The van der Waals surface area contributed by atoms with Gasteiger partial charge in [-0.1, -0.05) is 58.7 Å². The van der Waals surface area contributed by atoms with Crippen molar-refractivity contribution in [2.75, 3.05) is 33.4 Å². The average Bonchev–Trinajstić information content (AvgIpc) is 2.84. The number of carbonyl (C=O) groups excluding carboxylic acids is 3. The monoisotopic (exact) mass is 535 g/mol. The van der Waals surface area contributed by atoms with Crippen molar-refractivity contribution in [1.29, 1.82) is 0 Å². The number of morpholine rings is 1. The van der Waals surface area contributed by atoms with Gasteiger partial charge < -0.3 is 14.4 Å². The first kappa shape index (κ1) is 25.4. The molecule has 2 aromatic carbocycles. The van der Waals surface area contributed by atoms with Crippen LogP contribution >= 0.6 is 27.5 Å². The molecular weight excluding hydrogens is 510 g/mol. The Morgan fingerprint density at radius 3 is 2.21 bits per heavy atom. The molecule has 2 aromatic rings. The molecule has 176 valence electrons. The fourth-order valence-corrected chi connectivity index (χ4v) is 4.67. The summed E-state index contributed by atoms with van der Waals surface area (Å²) >= 11 is 9.50. The molecule has 0 aliphatic carbocycles. The van der Waals surface area contributed by atoms with E-state index in [1.54, 1.807) is 53.4 Å². The van der Waals surface area contributed by atoms with Gasteiger partial charge in [0, 0.05) is 40.0 Å². The molecular formula is C25H27BrClNO5. The molecule has 8 heteroatoms. The lowest BCUT2D eigenvalue weighted by Gasteiger charge is -2.35. The first-order valence-corrected chi connectivity index (χ1v) is 12.0. The second-order valence-corrected chi connectivity index (χ2v) is 9.25. The van der Waals surface area contributed by atoms with Crippen molar-refractivity contribution in [2.24, 2.45) is 11.8 Å². The zero-order valence-electron chi connectivity index (χ0n) is 18.6. The van der Waals surface area contributed by atoms with Crippen LogP contribution in [0.4, 0.5) is 0 Å². The molecule has 0 bridgehead atoms. The molecule has 6 nitrogen and oxygen atoms in total. The van der Waals surface area contributed by atoms with Crippen molar-refractivity contribution in [3.05, 3.63) is 69.2 Å². The Kier molecular flexibility index (Phi) is 9.06. The highest BCUT2D eigenvalue weighted by molar-refractivity contribution is 9.10. The van der Waals surface area contributed by atoms with E-state index in [0.29, 0.717) is 48.9 Å². The van der Waals surface area contributed by atoms with Crippen LogP contribution < -0.4 is 0 Å². The Bertz CT molecular complexity index is 973. The van der Waals surface area contributed by atoms with Crippen molar-refractivity contribution in [1.82, 2.24) is 4.90 Å². The molecule has 0 saturated carbocycles. The summed E-state index contributed by atoms with van der Waals surface area (Å²) in [4.78, 5) is 41.9. The standard InChI is InChI=1S/C25H27BrClNO5/c1-3-20(23(29)17-4-8-18(26)9-5-17)21(16-6-10-19(27)11-7-16)22(25(31)32-2)24(30)28-12-14-33-15-13-28/h4-11,20-22H,3,12-15H2,1-2H3/t20-,21+,22+/m0/s1. The van der Waals surface area contributed by atoms with Crippen LogP contribution in [0.25, 0.3) is 0 Å². The first-order chi connectivity index (χ1) is 15.9. The SMILES string of the molecule is CC[C@H](C(=O)c1ccc(Br)cc1)[C@@H](c1ccc(Cl)cc1)[C@@H](C(=O)OC)C(=O)N1CCOCC1. The van der Waals surface area contributed by atoms with Gasteiger partial charge in [0.2, 0.25) is 5.91 Å². The number of ketones is 1. The molecule has 1 heterocycles. The van der Waals surface area contributed by atoms with Crippen LogP contribution in [0.15, 0.2) is 53.0 Å². The normalized spacial score (nSPS) is 16.5. The lowest BCUT2D eigenvalue weighted by Crippen LogP contribution is -2.49. The maximum Gasteiger partial charge on any atom is 0.318 e.